The fourth-order valence-corrected chi connectivity index (χ4v) is 1.83. The fourth-order valence-electron chi connectivity index (χ4n) is 1.83. The van der Waals surface area contributed by atoms with Crippen molar-refractivity contribution in [2.24, 2.45) is 0 Å². The second kappa shape index (κ2) is 5.69. The van der Waals surface area contributed by atoms with Gasteiger partial charge in [-0.1, -0.05) is 17.7 Å². The summed E-state index contributed by atoms with van der Waals surface area (Å²) < 4.78 is 0. The summed E-state index contributed by atoms with van der Waals surface area (Å²) in [6.07, 6.45) is 4.61. The molecule has 0 radical (unpaired) electrons. The number of phenols is 3. The Bertz CT molecular complexity index is 524. The van der Waals surface area contributed by atoms with Gasteiger partial charge < -0.3 is 21.1 Å². The molecule has 0 heterocycles. The van der Waals surface area contributed by atoms with E-state index in [1.54, 1.807) is 6.92 Å². The highest BCUT2D eigenvalue weighted by atomic mass is 16.3. The fraction of sp³-hybridized carbons (Fsp3) is 0.333. The predicted molar refractivity (Wildman–Crippen MR) is 78.3 cm³/mol. The third-order valence-electron chi connectivity index (χ3n) is 3.04. The number of phenolic OH excluding ortho intramolecular Hbond substituents is 3. The van der Waals surface area contributed by atoms with E-state index in [1.165, 1.54) is 12.5 Å². The van der Waals surface area contributed by atoms with Crippen molar-refractivity contribution in [3.05, 3.63) is 28.9 Å². The second-order valence-corrected chi connectivity index (χ2v) is 4.86. The minimum absolute atomic E-state index is 0.0822. The van der Waals surface area contributed by atoms with Gasteiger partial charge in [0.25, 0.3) is 0 Å². The van der Waals surface area contributed by atoms with Crippen LogP contribution in [0.2, 0.25) is 0 Å². The third-order valence-corrected chi connectivity index (χ3v) is 3.04. The first-order valence-electron chi connectivity index (χ1n) is 6.10. The average Bonchev–Trinajstić information content (AvgIpc) is 2.34. The lowest BCUT2D eigenvalue weighted by Gasteiger charge is -2.14. The predicted octanol–water partition coefficient (Wildman–Crippen LogP) is 3.45. The molecule has 19 heavy (non-hydrogen) atoms. The number of nitrogens with two attached hydrogens (primary N) is 1. The van der Waals surface area contributed by atoms with E-state index in [2.05, 4.69) is 0 Å². The lowest BCUT2D eigenvalue weighted by Crippen LogP contribution is -1.96. The molecule has 0 bridgehead atoms. The largest absolute Gasteiger partial charge is 0.505 e. The highest BCUT2D eigenvalue weighted by Gasteiger charge is 2.19. The molecule has 104 valence electrons. The van der Waals surface area contributed by atoms with Crippen LogP contribution in [-0.2, 0) is 0 Å². The minimum Gasteiger partial charge on any atom is -0.505 e. The van der Waals surface area contributed by atoms with Gasteiger partial charge in [0.1, 0.15) is 5.75 Å². The molecule has 0 aliphatic heterocycles. The zero-order valence-electron chi connectivity index (χ0n) is 11.8. The summed E-state index contributed by atoms with van der Waals surface area (Å²) in [5.41, 5.74) is 8.24. The Kier molecular flexibility index (Phi) is 4.48. The Morgan fingerprint density at radius 1 is 1.00 bits per heavy atom. The van der Waals surface area contributed by atoms with E-state index in [0.29, 0.717) is 12.0 Å². The standard InChI is InChI=1S/C15H21NO3/c1-8(2)6-5-7-9(3)11-12(16)13(17)10(4)14(18)15(11)19/h6-7,17-19H,5,16H2,1-4H3. The Morgan fingerprint density at radius 2 is 1.58 bits per heavy atom. The van der Waals surface area contributed by atoms with Gasteiger partial charge in [0.2, 0.25) is 0 Å². The molecule has 0 unspecified atom stereocenters. The molecule has 0 saturated heterocycles. The molecule has 0 atom stereocenters. The first kappa shape index (κ1) is 15.0. The maximum absolute atomic E-state index is 9.97. The molecular weight excluding hydrogens is 242 g/mol. The van der Waals surface area contributed by atoms with Gasteiger partial charge in [-0.2, -0.15) is 0 Å². The maximum Gasteiger partial charge on any atom is 0.167 e. The van der Waals surface area contributed by atoms with Gasteiger partial charge in [0.05, 0.1) is 5.69 Å². The number of rotatable bonds is 3. The summed E-state index contributed by atoms with van der Waals surface area (Å²) in [6.45, 7) is 7.27. The van der Waals surface area contributed by atoms with E-state index < -0.39 is 0 Å². The van der Waals surface area contributed by atoms with Crippen LogP contribution < -0.4 is 5.73 Å². The smallest absolute Gasteiger partial charge is 0.167 e. The Balaban J connectivity index is 3.32. The number of anilines is 1. The minimum atomic E-state index is -0.336. The molecular formula is C15H21NO3. The summed E-state index contributed by atoms with van der Waals surface area (Å²) in [5, 5.41) is 29.5. The van der Waals surface area contributed by atoms with Crippen molar-refractivity contribution in [2.75, 3.05) is 5.73 Å². The number of allylic oxidation sites excluding steroid dienone is 4. The van der Waals surface area contributed by atoms with E-state index in [-0.39, 0.29) is 34.1 Å². The lowest BCUT2D eigenvalue weighted by atomic mass is 9.98. The Labute approximate surface area is 113 Å². The van der Waals surface area contributed by atoms with E-state index in [4.69, 9.17) is 5.73 Å². The Hall–Kier alpha value is -2.10. The highest BCUT2D eigenvalue weighted by Crippen LogP contribution is 2.46. The van der Waals surface area contributed by atoms with Crippen molar-refractivity contribution < 1.29 is 15.3 Å². The van der Waals surface area contributed by atoms with Gasteiger partial charge in [0, 0.05) is 11.1 Å². The monoisotopic (exact) mass is 263 g/mol. The van der Waals surface area contributed by atoms with Crippen molar-refractivity contribution in [2.45, 2.75) is 34.1 Å². The van der Waals surface area contributed by atoms with Gasteiger partial charge >= 0.3 is 0 Å². The quantitative estimate of drug-likeness (QED) is 0.291. The van der Waals surface area contributed by atoms with Gasteiger partial charge in [-0.05, 0) is 39.7 Å². The van der Waals surface area contributed by atoms with E-state index in [0.717, 1.165) is 0 Å². The maximum atomic E-state index is 9.97. The highest BCUT2D eigenvalue weighted by molar-refractivity contribution is 5.85. The SMILES string of the molecule is CC(C)=CCC=C(C)c1c(N)c(O)c(C)c(O)c1O. The summed E-state index contributed by atoms with van der Waals surface area (Å²) in [5.74, 6) is -0.823. The second-order valence-electron chi connectivity index (χ2n) is 4.86. The van der Waals surface area contributed by atoms with Gasteiger partial charge in [-0.3, -0.25) is 0 Å². The molecule has 1 rings (SSSR count). The molecule has 0 aliphatic carbocycles. The molecule has 0 fully saturated rings. The number of nitrogen functional groups attached to an aromatic ring is 1. The molecule has 0 saturated carbocycles. The number of aromatic hydroxyl groups is 3. The molecule has 4 heteroatoms. The molecule has 4 nitrogen and oxygen atoms in total. The van der Waals surface area contributed by atoms with Crippen LogP contribution >= 0.6 is 0 Å². The molecule has 5 N–H and O–H groups in total. The first-order valence-corrected chi connectivity index (χ1v) is 6.10. The van der Waals surface area contributed by atoms with Gasteiger partial charge in [-0.25, -0.2) is 0 Å². The van der Waals surface area contributed by atoms with Crippen LogP contribution in [0, 0.1) is 6.92 Å². The topological polar surface area (TPSA) is 86.7 Å². The number of benzene rings is 1. The van der Waals surface area contributed by atoms with Crippen LogP contribution in [0.1, 0.15) is 38.3 Å². The normalized spacial score (nSPS) is 11.5. The van der Waals surface area contributed by atoms with Crippen LogP contribution in [0.15, 0.2) is 17.7 Å². The van der Waals surface area contributed by atoms with E-state index in [9.17, 15) is 15.3 Å². The summed E-state index contributed by atoms with van der Waals surface area (Å²) in [4.78, 5) is 0. The van der Waals surface area contributed by atoms with Crippen LogP contribution in [-0.4, -0.2) is 15.3 Å². The van der Waals surface area contributed by atoms with Crippen LogP contribution in [0.5, 0.6) is 17.2 Å². The van der Waals surface area contributed by atoms with Crippen LogP contribution in [0.3, 0.4) is 0 Å². The average molecular weight is 263 g/mol. The molecule has 0 amide bonds. The summed E-state index contributed by atoms with van der Waals surface area (Å²) >= 11 is 0. The lowest BCUT2D eigenvalue weighted by molar-refractivity contribution is 0.392. The molecule has 1 aromatic rings. The van der Waals surface area contributed by atoms with E-state index >= 15 is 0 Å². The van der Waals surface area contributed by atoms with Crippen molar-refractivity contribution in [1.82, 2.24) is 0 Å². The molecule has 0 spiro atoms. The van der Waals surface area contributed by atoms with Crippen molar-refractivity contribution in [3.63, 3.8) is 0 Å². The van der Waals surface area contributed by atoms with Gasteiger partial charge in [0.15, 0.2) is 11.5 Å². The number of hydrogen-bond acceptors (Lipinski definition) is 4. The summed E-state index contributed by atoms with van der Waals surface area (Å²) in [7, 11) is 0. The van der Waals surface area contributed by atoms with Crippen molar-refractivity contribution in [1.29, 1.82) is 0 Å². The van der Waals surface area contributed by atoms with Crippen molar-refractivity contribution in [3.8, 4) is 17.2 Å². The Morgan fingerprint density at radius 3 is 2.11 bits per heavy atom. The summed E-state index contributed by atoms with van der Waals surface area (Å²) in [6, 6.07) is 0. The molecule has 0 aromatic heterocycles. The molecule has 0 aliphatic rings. The zero-order chi connectivity index (χ0) is 14.7. The van der Waals surface area contributed by atoms with E-state index in [1.807, 2.05) is 26.0 Å². The van der Waals surface area contributed by atoms with Gasteiger partial charge in [-0.15, -0.1) is 0 Å². The van der Waals surface area contributed by atoms with Crippen molar-refractivity contribution >= 4 is 11.3 Å². The van der Waals surface area contributed by atoms with Crippen LogP contribution in [0.4, 0.5) is 5.69 Å². The van der Waals surface area contributed by atoms with Crippen LogP contribution in [0.25, 0.3) is 5.57 Å². The molecule has 1 aromatic carbocycles. The third kappa shape index (κ3) is 3.02. The number of hydrogen-bond donors (Lipinski definition) is 4. The zero-order valence-corrected chi connectivity index (χ0v) is 11.8. The first-order chi connectivity index (χ1) is 8.77.